The van der Waals surface area contributed by atoms with Crippen LogP contribution >= 0.6 is 0 Å². The topological polar surface area (TPSA) is 64.5 Å². The smallest absolute Gasteiger partial charge is 0.113 e. The highest BCUT2D eigenvalue weighted by Crippen LogP contribution is 2.21. The van der Waals surface area contributed by atoms with Gasteiger partial charge in [-0.15, -0.1) is 10.2 Å². The molecule has 0 fully saturated rings. The molecule has 0 amide bonds. The van der Waals surface area contributed by atoms with E-state index in [0.29, 0.717) is 0 Å². The lowest BCUT2D eigenvalue weighted by Crippen LogP contribution is -2.10. The molecule has 0 saturated carbocycles. The molecule has 4 heterocycles. The van der Waals surface area contributed by atoms with Crippen molar-refractivity contribution in [1.82, 2.24) is 25.1 Å². The molecule has 34 heavy (non-hydrogen) atoms. The van der Waals surface area contributed by atoms with Gasteiger partial charge in [0.15, 0.2) is 0 Å². The molecule has 0 bridgehead atoms. The first-order valence-corrected chi connectivity index (χ1v) is 10.9. The second-order valence-corrected chi connectivity index (χ2v) is 8.17. The Balaban J connectivity index is 1.55. The predicted molar refractivity (Wildman–Crippen MR) is 132 cm³/mol. The summed E-state index contributed by atoms with van der Waals surface area (Å²) in [5.74, 6) is 0. The molecule has 2 aliphatic carbocycles. The maximum Gasteiger partial charge on any atom is 0.113 e. The first-order valence-electron chi connectivity index (χ1n) is 10.9. The van der Waals surface area contributed by atoms with Gasteiger partial charge in [0.25, 0.3) is 0 Å². The van der Waals surface area contributed by atoms with Gasteiger partial charge in [-0.05, 0) is 67.7 Å². The fourth-order valence-electron chi connectivity index (χ4n) is 4.36. The third-order valence-electron chi connectivity index (χ3n) is 6.00. The van der Waals surface area contributed by atoms with E-state index in [1.54, 1.807) is 18.6 Å². The summed E-state index contributed by atoms with van der Waals surface area (Å²) in [7, 11) is 0. The second kappa shape index (κ2) is 7.98. The van der Waals surface area contributed by atoms with Gasteiger partial charge in [-0.2, -0.15) is 0 Å². The predicted octanol–water partition coefficient (Wildman–Crippen LogP) is 1.69. The van der Waals surface area contributed by atoms with Crippen LogP contribution in [0.25, 0.3) is 36.6 Å². The van der Waals surface area contributed by atoms with Crippen LogP contribution in [0.5, 0.6) is 0 Å². The van der Waals surface area contributed by atoms with Crippen molar-refractivity contribution in [2.24, 2.45) is 0 Å². The molecular weight excluding hydrogens is 418 g/mol. The van der Waals surface area contributed by atoms with E-state index < -0.39 is 0 Å². The average molecular weight is 438 g/mol. The third kappa shape index (κ3) is 3.40. The molecule has 0 aromatic rings. The van der Waals surface area contributed by atoms with Crippen molar-refractivity contribution in [3.63, 3.8) is 0 Å². The van der Waals surface area contributed by atoms with Crippen LogP contribution in [0.1, 0.15) is 11.4 Å². The monoisotopic (exact) mass is 437 g/mol. The molecule has 0 aromatic heterocycles. The van der Waals surface area contributed by atoms with Crippen LogP contribution in [0.15, 0.2) is 79.5 Å². The quantitative estimate of drug-likeness (QED) is 0.413. The summed E-state index contributed by atoms with van der Waals surface area (Å²) < 4.78 is 0. The summed E-state index contributed by atoms with van der Waals surface area (Å²) >= 11 is 0. The maximum atomic E-state index is 4.66. The van der Waals surface area contributed by atoms with Crippen molar-refractivity contribution in [3.8, 4) is 11.3 Å². The average Bonchev–Trinajstić information content (AvgIpc) is 3.33. The van der Waals surface area contributed by atoms with Gasteiger partial charge >= 0.3 is 0 Å². The van der Waals surface area contributed by atoms with E-state index in [4.69, 9.17) is 0 Å². The largest absolute Gasteiger partial charge is 0.264 e. The van der Waals surface area contributed by atoms with Gasteiger partial charge in [0.2, 0.25) is 0 Å². The summed E-state index contributed by atoms with van der Waals surface area (Å²) in [6.07, 6.45) is 13.1. The van der Waals surface area contributed by atoms with E-state index in [2.05, 4.69) is 38.3 Å². The van der Waals surface area contributed by atoms with Gasteiger partial charge in [-0.3, -0.25) is 15.0 Å². The fraction of sp³-hybridized carbons (Fsp3) is 0. The number of hydrogen-bond acceptors (Lipinski definition) is 5. The van der Waals surface area contributed by atoms with Crippen molar-refractivity contribution in [3.05, 3.63) is 133 Å². The van der Waals surface area contributed by atoms with E-state index in [1.807, 2.05) is 73.1 Å². The standard InChI is InChI=1S/C29H19N5/c1-18-3-5-22-15-30-11-9-20(28(18)22)13-24-7-8-25-26(33-34-27(25)17-32-24)14-21-10-12-31-16-23-6-4-19(2)29(21)23/h3-17H,1-2H2/b20-13+,21-14+. The number of aromatic nitrogens is 5. The lowest BCUT2D eigenvalue weighted by molar-refractivity contribution is 1.08. The van der Waals surface area contributed by atoms with Crippen molar-refractivity contribution in [2.75, 3.05) is 0 Å². The minimum absolute atomic E-state index is 0.731. The second-order valence-electron chi connectivity index (χ2n) is 8.17. The zero-order valence-electron chi connectivity index (χ0n) is 18.3. The normalized spacial score (nSPS) is 12.7. The number of fused-ring (bicyclic) bond motifs is 1. The lowest BCUT2D eigenvalue weighted by Gasteiger charge is -1.90. The Hall–Kier alpha value is -4.77. The molecule has 0 atom stereocenters. The molecule has 0 aromatic carbocycles. The molecule has 0 unspecified atom stereocenters. The molecule has 6 rings (SSSR count). The van der Waals surface area contributed by atoms with Gasteiger partial charge in [0.1, 0.15) is 5.69 Å². The minimum Gasteiger partial charge on any atom is -0.264 e. The van der Waals surface area contributed by atoms with Gasteiger partial charge in [0, 0.05) is 40.8 Å². The zero-order chi connectivity index (χ0) is 23.1. The summed E-state index contributed by atoms with van der Waals surface area (Å²) in [5.41, 5.74) is 3.25. The van der Waals surface area contributed by atoms with Crippen LogP contribution in [-0.2, 0) is 0 Å². The third-order valence-corrected chi connectivity index (χ3v) is 6.00. The van der Waals surface area contributed by atoms with E-state index >= 15 is 0 Å². The molecule has 0 N–H and O–H groups in total. The molecule has 5 nitrogen and oxygen atoms in total. The van der Waals surface area contributed by atoms with Crippen LogP contribution < -0.4 is 20.9 Å². The van der Waals surface area contributed by atoms with Gasteiger partial charge < -0.3 is 0 Å². The summed E-state index contributed by atoms with van der Waals surface area (Å²) in [6.45, 7) is 8.34. The Bertz CT molecular complexity index is 2020. The number of rotatable bonds is 2. The number of nitrogens with zero attached hydrogens (tertiary/aromatic N) is 5. The van der Waals surface area contributed by atoms with Crippen LogP contribution in [0.4, 0.5) is 0 Å². The van der Waals surface area contributed by atoms with E-state index in [-0.39, 0.29) is 0 Å². The Morgan fingerprint density at radius 2 is 1.26 bits per heavy atom. The zero-order valence-corrected chi connectivity index (χ0v) is 18.3. The fourth-order valence-corrected chi connectivity index (χ4v) is 4.36. The molecule has 160 valence electrons. The highest BCUT2D eigenvalue weighted by Gasteiger charge is 2.10. The SMILES string of the molecule is C=c1ccc2cncc/c(=C\c3ccc4c(/C=c5\ccncc6ccc(=C)c5=6)nnc-4cn3)c1=2. The Morgan fingerprint density at radius 3 is 1.94 bits per heavy atom. The van der Waals surface area contributed by atoms with Gasteiger partial charge in [-0.1, -0.05) is 37.4 Å². The van der Waals surface area contributed by atoms with E-state index in [0.717, 1.165) is 64.4 Å². The Labute approximate surface area is 194 Å². The summed E-state index contributed by atoms with van der Waals surface area (Å²) in [4.78, 5) is 13.3. The Morgan fingerprint density at radius 1 is 0.618 bits per heavy atom. The van der Waals surface area contributed by atoms with Gasteiger partial charge in [0.05, 0.1) is 17.6 Å². The van der Waals surface area contributed by atoms with Crippen molar-refractivity contribution in [2.45, 2.75) is 0 Å². The summed E-state index contributed by atoms with van der Waals surface area (Å²) in [5, 5.41) is 17.0. The molecule has 4 aliphatic heterocycles. The molecule has 6 aliphatic rings. The van der Waals surface area contributed by atoms with Crippen LogP contribution in [0.3, 0.4) is 0 Å². The highest BCUT2D eigenvalue weighted by molar-refractivity contribution is 5.71. The van der Waals surface area contributed by atoms with E-state index in [9.17, 15) is 0 Å². The Kier molecular flexibility index (Phi) is 4.66. The molecular formula is C29H19N5. The first kappa shape index (κ1) is 19.9. The first-order chi connectivity index (χ1) is 16.7. The van der Waals surface area contributed by atoms with Crippen LogP contribution in [-0.4, -0.2) is 25.1 Å². The van der Waals surface area contributed by atoms with Crippen molar-refractivity contribution < 1.29 is 0 Å². The highest BCUT2D eigenvalue weighted by atomic mass is 15.1. The number of hydrogen-bond donors (Lipinski definition) is 0. The van der Waals surface area contributed by atoms with Crippen molar-refractivity contribution >= 4 is 25.3 Å². The summed E-state index contributed by atoms with van der Waals surface area (Å²) in [6, 6.07) is 16.0. The van der Waals surface area contributed by atoms with Crippen LogP contribution in [0, 0.1) is 20.9 Å². The molecule has 0 saturated heterocycles. The maximum absolute atomic E-state index is 4.66. The lowest BCUT2D eigenvalue weighted by atomic mass is 10.1. The van der Waals surface area contributed by atoms with Gasteiger partial charge in [-0.25, -0.2) is 0 Å². The van der Waals surface area contributed by atoms with Crippen molar-refractivity contribution in [1.29, 1.82) is 0 Å². The molecule has 0 spiro atoms. The molecule has 5 heteroatoms. The molecule has 0 radical (unpaired) electrons. The van der Waals surface area contributed by atoms with E-state index in [1.165, 1.54) is 0 Å². The van der Waals surface area contributed by atoms with Crippen LogP contribution in [0.2, 0.25) is 0 Å². The minimum atomic E-state index is 0.731.